The highest BCUT2D eigenvalue weighted by Crippen LogP contribution is 2.42. The number of aliphatic hydroxyl groups excluding tert-OH is 1. The first kappa shape index (κ1) is 13.6. The van der Waals surface area contributed by atoms with Crippen molar-refractivity contribution in [2.45, 2.75) is 76.7 Å². The van der Waals surface area contributed by atoms with Crippen LogP contribution in [0.3, 0.4) is 0 Å². The molecule has 1 aromatic rings. The molecular formula is C16H25NOS. The number of thiazole rings is 1. The van der Waals surface area contributed by atoms with Crippen molar-refractivity contribution in [3.8, 4) is 0 Å². The topological polar surface area (TPSA) is 33.1 Å². The molecule has 1 N–H and O–H groups in total. The summed E-state index contributed by atoms with van der Waals surface area (Å²) in [5, 5.41) is 11.4. The molecule has 0 radical (unpaired) electrons. The van der Waals surface area contributed by atoms with E-state index in [2.05, 4.69) is 6.92 Å². The lowest BCUT2D eigenvalue weighted by molar-refractivity contribution is 0.160. The standard InChI is InChI=1S/C16H25NOS/c1-2-4-11-7-9-12(10-8-11)16-17-13-5-3-6-14(18)15(13)19-16/h11-12,14,18H,2-10H2,1H3. The van der Waals surface area contributed by atoms with Crippen molar-refractivity contribution in [3.05, 3.63) is 15.6 Å². The zero-order valence-corrected chi connectivity index (χ0v) is 12.7. The van der Waals surface area contributed by atoms with E-state index < -0.39 is 0 Å². The smallest absolute Gasteiger partial charge is 0.0963 e. The Kier molecular flexibility index (Phi) is 4.23. The van der Waals surface area contributed by atoms with Crippen molar-refractivity contribution in [2.24, 2.45) is 5.92 Å². The zero-order chi connectivity index (χ0) is 13.2. The number of aryl methyl sites for hydroxylation is 1. The Morgan fingerprint density at radius 3 is 2.68 bits per heavy atom. The highest BCUT2D eigenvalue weighted by molar-refractivity contribution is 7.11. The summed E-state index contributed by atoms with van der Waals surface area (Å²) in [6, 6.07) is 0. The molecule has 2 nitrogen and oxygen atoms in total. The molecule has 2 aliphatic carbocycles. The van der Waals surface area contributed by atoms with E-state index in [4.69, 9.17) is 4.98 Å². The van der Waals surface area contributed by atoms with Crippen LogP contribution in [0, 0.1) is 5.92 Å². The maximum atomic E-state index is 10.1. The maximum absolute atomic E-state index is 10.1. The van der Waals surface area contributed by atoms with Crippen LogP contribution in [0.2, 0.25) is 0 Å². The van der Waals surface area contributed by atoms with Gasteiger partial charge in [0.2, 0.25) is 0 Å². The molecule has 0 saturated heterocycles. The van der Waals surface area contributed by atoms with Crippen LogP contribution in [0.1, 0.15) is 85.9 Å². The fourth-order valence-corrected chi connectivity index (χ4v) is 5.00. The minimum absolute atomic E-state index is 0.230. The molecule has 1 saturated carbocycles. The van der Waals surface area contributed by atoms with Gasteiger partial charge < -0.3 is 5.11 Å². The molecule has 1 fully saturated rings. The number of hydrogen-bond donors (Lipinski definition) is 1. The summed E-state index contributed by atoms with van der Waals surface area (Å²) in [5.74, 6) is 1.64. The SMILES string of the molecule is CCCC1CCC(c2nc3c(s2)C(O)CCC3)CC1. The molecule has 0 amide bonds. The molecule has 3 heteroatoms. The van der Waals surface area contributed by atoms with E-state index in [1.807, 2.05) is 0 Å². The van der Waals surface area contributed by atoms with Crippen LogP contribution in [-0.2, 0) is 6.42 Å². The Bertz CT molecular complexity index is 420. The van der Waals surface area contributed by atoms with Gasteiger partial charge in [-0.05, 0) is 50.9 Å². The van der Waals surface area contributed by atoms with Crippen molar-refractivity contribution < 1.29 is 5.11 Å². The van der Waals surface area contributed by atoms with Crippen molar-refractivity contribution in [2.75, 3.05) is 0 Å². The number of fused-ring (bicyclic) bond motifs is 1. The summed E-state index contributed by atoms with van der Waals surface area (Å²) < 4.78 is 0. The lowest BCUT2D eigenvalue weighted by Crippen LogP contribution is -2.13. The summed E-state index contributed by atoms with van der Waals surface area (Å²) in [6.07, 6.45) is 11.0. The first-order chi connectivity index (χ1) is 9.28. The van der Waals surface area contributed by atoms with E-state index in [1.54, 1.807) is 11.3 Å². The maximum Gasteiger partial charge on any atom is 0.0963 e. The highest BCUT2D eigenvalue weighted by Gasteiger charge is 2.28. The Labute approximate surface area is 120 Å². The first-order valence-corrected chi connectivity index (χ1v) is 8.77. The fourth-order valence-electron chi connectivity index (χ4n) is 3.70. The molecule has 19 heavy (non-hydrogen) atoms. The van der Waals surface area contributed by atoms with E-state index in [-0.39, 0.29) is 6.10 Å². The molecule has 1 unspecified atom stereocenters. The van der Waals surface area contributed by atoms with Crippen molar-refractivity contribution in [3.63, 3.8) is 0 Å². The number of aliphatic hydroxyl groups is 1. The van der Waals surface area contributed by atoms with Crippen molar-refractivity contribution in [1.82, 2.24) is 4.98 Å². The predicted octanol–water partition coefficient (Wildman–Crippen LogP) is 4.59. The number of aromatic nitrogens is 1. The van der Waals surface area contributed by atoms with Crippen LogP contribution >= 0.6 is 11.3 Å². The molecule has 106 valence electrons. The third-order valence-electron chi connectivity index (χ3n) is 4.83. The lowest BCUT2D eigenvalue weighted by Gasteiger charge is -2.27. The number of hydrogen-bond acceptors (Lipinski definition) is 3. The monoisotopic (exact) mass is 279 g/mol. The third kappa shape index (κ3) is 2.87. The molecule has 1 aromatic heterocycles. The average Bonchev–Trinajstić information content (AvgIpc) is 2.85. The predicted molar refractivity (Wildman–Crippen MR) is 79.6 cm³/mol. The van der Waals surface area contributed by atoms with Gasteiger partial charge in [-0.25, -0.2) is 4.98 Å². The van der Waals surface area contributed by atoms with Crippen LogP contribution in [0.25, 0.3) is 0 Å². The highest BCUT2D eigenvalue weighted by atomic mass is 32.1. The minimum atomic E-state index is -0.230. The second-order valence-electron chi connectivity index (χ2n) is 6.28. The summed E-state index contributed by atoms with van der Waals surface area (Å²) in [4.78, 5) is 6.03. The normalized spacial score (nSPS) is 31.2. The molecule has 2 aliphatic rings. The van der Waals surface area contributed by atoms with Gasteiger partial charge in [0, 0.05) is 5.92 Å². The van der Waals surface area contributed by atoms with Crippen LogP contribution in [-0.4, -0.2) is 10.1 Å². The average molecular weight is 279 g/mol. The zero-order valence-electron chi connectivity index (χ0n) is 11.9. The largest absolute Gasteiger partial charge is 0.388 e. The summed E-state index contributed by atoms with van der Waals surface area (Å²) in [5.41, 5.74) is 1.20. The van der Waals surface area contributed by atoms with Gasteiger partial charge in [0.25, 0.3) is 0 Å². The Morgan fingerprint density at radius 2 is 2.00 bits per heavy atom. The van der Waals surface area contributed by atoms with Gasteiger partial charge in [-0.2, -0.15) is 0 Å². The van der Waals surface area contributed by atoms with E-state index >= 15 is 0 Å². The van der Waals surface area contributed by atoms with Gasteiger partial charge in [0.1, 0.15) is 0 Å². The van der Waals surface area contributed by atoms with Crippen LogP contribution in [0.4, 0.5) is 0 Å². The van der Waals surface area contributed by atoms with Gasteiger partial charge in [0.15, 0.2) is 0 Å². The first-order valence-electron chi connectivity index (χ1n) is 7.95. The molecular weight excluding hydrogens is 254 g/mol. The molecule has 1 atom stereocenters. The second-order valence-corrected chi connectivity index (χ2v) is 7.34. The molecule has 3 rings (SSSR count). The Morgan fingerprint density at radius 1 is 1.21 bits per heavy atom. The van der Waals surface area contributed by atoms with Gasteiger partial charge >= 0.3 is 0 Å². The fraction of sp³-hybridized carbons (Fsp3) is 0.812. The van der Waals surface area contributed by atoms with Crippen LogP contribution in [0.15, 0.2) is 0 Å². The molecule has 1 heterocycles. The molecule has 0 aliphatic heterocycles. The van der Waals surface area contributed by atoms with Crippen molar-refractivity contribution in [1.29, 1.82) is 0 Å². The van der Waals surface area contributed by atoms with Gasteiger partial charge in [-0.3, -0.25) is 0 Å². The number of rotatable bonds is 3. The second kappa shape index (κ2) is 5.92. The Balaban J connectivity index is 1.67. The van der Waals surface area contributed by atoms with Gasteiger partial charge in [-0.1, -0.05) is 19.8 Å². The van der Waals surface area contributed by atoms with E-state index in [9.17, 15) is 5.11 Å². The molecule has 0 spiro atoms. The third-order valence-corrected chi connectivity index (χ3v) is 6.19. The van der Waals surface area contributed by atoms with Crippen molar-refractivity contribution >= 4 is 11.3 Å². The van der Waals surface area contributed by atoms with Crippen LogP contribution in [0.5, 0.6) is 0 Å². The quantitative estimate of drug-likeness (QED) is 0.878. The summed E-state index contributed by atoms with van der Waals surface area (Å²) >= 11 is 1.80. The van der Waals surface area contributed by atoms with E-state index in [1.165, 1.54) is 54.1 Å². The van der Waals surface area contributed by atoms with E-state index in [0.29, 0.717) is 5.92 Å². The summed E-state index contributed by atoms with van der Waals surface area (Å²) in [6.45, 7) is 2.29. The van der Waals surface area contributed by atoms with Gasteiger partial charge in [0.05, 0.1) is 21.7 Å². The number of nitrogens with zero attached hydrogens (tertiary/aromatic N) is 1. The Hall–Kier alpha value is -0.410. The van der Waals surface area contributed by atoms with Crippen LogP contribution < -0.4 is 0 Å². The molecule has 0 bridgehead atoms. The summed E-state index contributed by atoms with van der Waals surface area (Å²) in [7, 11) is 0. The van der Waals surface area contributed by atoms with E-state index in [0.717, 1.165) is 25.2 Å². The molecule has 0 aromatic carbocycles. The van der Waals surface area contributed by atoms with Gasteiger partial charge in [-0.15, -0.1) is 11.3 Å². The lowest BCUT2D eigenvalue weighted by atomic mass is 9.80. The minimum Gasteiger partial charge on any atom is -0.388 e.